The lowest BCUT2D eigenvalue weighted by molar-refractivity contribution is -0.136. The predicted octanol–water partition coefficient (Wildman–Crippen LogP) is 0.874. The minimum atomic E-state index is -0.595. The molecule has 5 heterocycles. The van der Waals surface area contributed by atoms with E-state index in [4.69, 9.17) is 4.74 Å². The van der Waals surface area contributed by atoms with Crippen molar-refractivity contribution >= 4 is 23.9 Å². The van der Waals surface area contributed by atoms with Crippen LogP contribution in [0.15, 0.2) is 17.1 Å². The Morgan fingerprint density at radius 1 is 1.19 bits per heavy atom. The molecule has 0 aromatic heterocycles. The average Bonchev–Trinajstić information content (AvgIpc) is 3.25. The van der Waals surface area contributed by atoms with Crippen LogP contribution in [0.2, 0.25) is 0 Å². The summed E-state index contributed by atoms with van der Waals surface area (Å²) in [6.45, 7) is 5.17. The van der Waals surface area contributed by atoms with Gasteiger partial charge in [0.25, 0.3) is 5.91 Å². The van der Waals surface area contributed by atoms with E-state index in [1.165, 1.54) is 5.56 Å². The molecule has 0 bridgehead atoms. The summed E-state index contributed by atoms with van der Waals surface area (Å²) in [6, 6.07) is 3.39. The molecule has 0 radical (unpaired) electrons. The SMILES string of the molecule is O=C1CC[C@H](N2Cc3c(ccc4c3OCC43CCN(CC4C=NC4)CC3)C2=O)C(=O)N1. The van der Waals surface area contributed by atoms with Crippen LogP contribution >= 0.6 is 0 Å². The summed E-state index contributed by atoms with van der Waals surface area (Å²) in [5.74, 6) is 0.658. The number of amides is 3. The monoisotopic (exact) mass is 422 g/mol. The normalized spacial score (nSPS) is 28.9. The summed E-state index contributed by atoms with van der Waals surface area (Å²) >= 11 is 0. The molecule has 0 aliphatic carbocycles. The van der Waals surface area contributed by atoms with Crippen LogP contribution < -0.4 is 10.1 Å². The average molecular weight is 422 g/mol. The molecule has 5 aliphatic rings. The highest BCUT2D eigenvalue weighted by Gasteiger charge is 2.47. The number of piperidine rings is 2. The molecule has 8 heteroatoms. The van der Waals surface area contributed by atoms with Gasteiger partial charge in [0.15, 0.2) is 0 Å². The van der Waals surface area contributed by atoms with Crippen molar-refractivity contribution in [3.63, 3.8) is 0 Å². The van der Waals surface area contributed by atoms with E-state index in [9.17, 15) is 14.4 Å². The Kier molecular flexibility index (Phi) is 4.21. The third-order valence-electron chi connectivity index (χ3n) is 7.69. The van der Waals surface area contributed by atoms with Gasteiger partial charge in [-0.3, -0.25) is 24.7 Å². The van der Waals surface area contributed by atoms with Crippen molar-refractivity contribution in [1.82, 2.24) is 15.1 Å². The summed E-state index contributed by atoms with van der Waals surface area (Å²) in [5, 5.41) is 2.36. The summed E-state index contributed by atoms with van der Waals surface area (Å²) < 4.78 is 6.24. The second-order valence-electron chi connectivity index (χ2n) is 9.51. The van der Waals surface area contributed by atoms with Gasteiger partial charge in [0.05, 0.1) is 13.2 Å². The zero-order valence-corrected chi connectivity index (χ0v) is 17.4. The molecule has 1 unspecified atom stereocenters. The fraction of sp³-hybridized carbons (Fsp3) is 0.565. The van der Waals surface area contributed by atoms with Gasteiger partial charge in [-0.25, -0.2) is 0 Å². The van der Waals surface area contributed by atoms with Gasteiger partial charge in [-0.2, -0.15) is 0 Å². The molecular weight excluding hydrogens is 396 g/mol. The largest absolute Gasteiger partial charge is 0.492 e. The first-order valence-electron chi connectivity index (χ1n) is 11.2. The number of hydrogen-bond acceptors (Lipinski definition) is 6. The maximum Gasteiger partial charge on any atom is 0.255 e. The first-order chi connectivity index (χ1) is 15.0. The summed E-state index contributed by atoms with van der Waals surface area (Å²) in [7, 11) is 0. The van der Waals surface area contributed by atoms with Gasteiger partial charge in [0.2, 0.25) is 11.8 Å². The van der Waals surface area contributed by atoms with Crippen LogP contribution in [0.5, 0.6) is 5.75 Å². The van der Waals surface area contributed by atoms with E-state index >= 15 is 0 Å². The number of likely N-dealkylation sites (tertiary alicyclic amines) is 1. The number of fused-ring (bicyclic) bond motifs is 4. The van der Waals surface area contributed by atoms with E-state index < -0.39 is 6.04 Å². The molecule has 162 valence electrons. The lowest BCUT2D eigenvalue weighted by Gasteiger charge is -2.40. The van der Waals surface area contributed by atoms with Crippen molar-refractivity contribution in [2.45, 2.75) is 43.7 Å². The molecule has 6 rings (SSSR count). The van der Waals surface area contributed by atoms with E-state index in [1.54, 1.807) is 4.90 Å². The van der Waals surface area contributed by atoms with E-state index in [2.05, 4.69) is 27.5 Å². The van der Waals surface area contributed by atoms with Gasteiger partial charge < -0.3 is 14.5 Å². The van der Waals surface area contributed by atoms with Gasteiger partial charge in [0, 0.05) is 53.7 Å². The lowest BCUT2D eigenvalue weighted by Crippen LogP contribution is -2.52. The van der Waals surface area contributed by atoms with Crippen LogP contribution in [0.4, 0.5) is 0 Å². The predicted molar refractivity (Wildman–Crippen MR) is 112 cm³/mol. The maximum atomic E-state index is 13.1. The zero-order chi connectivity index (χ0) is 21.2. The molecule has 2 fully saturated rings. The third-order valence-corrected chi connectivity index (χ3v) is 7.69. The molecule has 2 atom stereocenters. The molecule has 1 N–H and O–H groups in total. The number of nitrogens with zero attached hydrogens (tertiary/aromatic N) is 3. The van der Waals surface area contributed by atoms with E-state index in [0.29, 0.717) is 31.1 Å². The van der Waals surface area contributed by atoms with E-state index in [0.717, 1.165) is 50.3 Å². The maximum absolute atomic E-state index is 13.1. The number of carbonyl (C=O) groups excluding carboxylic acids is 3. The highest BCUT2D eigenvalue weighted by atomic mass is 16.5. The number of nitrogens with one attached hydrogen (secondary N) is 1. The van der Waals surface area contributed by atoms with Crippen molar-refractivity contribution < 1.29 is 19.1 Å². The quantitative estimate of drug-likeness (QED) is 0.730. The van der Waals surface area contributed by atoms with Crippen molar-refractivity contribution in [2.75, 3.05) is 32.8 Å². The molecule has 5 aliphatic heterocycles. The Morgan fingerprint density at radius 2 is 2.00 bits per heavy atom. The minimum Gasteiger partial charge on any atom is -0.492 e. The van der Waals surface area contributed by atoms with Crippen LogP contribution in [-0.2, 0) is 21.5 Å². The zero-order valence-electron chi connectivity index (χ0n) is 17.4. The number of benzene rings is 1. The molecule has 1 aromatic rings. The molecule has 1 spiro atoms. The molecule has 3 amide bonds. The van der Waals surface area contributed by atoms with Crippen LogP contribution in [0.25, 0.3) is 0 Å². The van der Waals surface area contributed by atoms with Gasteiger partial charge in [-0.15, -0.1) is 0 Å². The Hall–Kier alpha value is -2.74. The standard InChI is InChI=1S/C23H26N4O4/c28-19-4-3-18(21(29)25-19)27-12-16-15(22(27)30)1-2-17-20(16)31-13-23(17)5-7-26(8-6-23)11-14-9-24-10-14/h1-2,9,14,18H,3-8,10-13H2,(H,25,28,29)/t14?,18-/m0/s1. The second kappa shape index (κ2) is 6.88. The summed E-state index contributed by atoms with van der Waals surface area (Å²) in [4.78, 5) is 45.2. The van der Waals surface area contributed by atoms with Crippen molar-refractivity contribution in [3.8, 4) is 5.75 Å². The van der Waals surface area contributed by atoms with E-state index in [1.807, 2.05) is 6.07 Å². The Labute approximate surface area is 180 Å². The summed E-state index contributed by atoms with van der Waals surface area (Å²) in [5.41, 5.74) is 2.76. The fourth-order valence-corrected chi connectivity index (χ4v) is 5.75. The van der Waals surface area contributed by atoms with Gasteiger partial charge in [-0.05, 0) is 38.4 Å². The summed E-state index contributed by atoms with van der Waals surface area (Å²) in [6.07, 6.45) is 4.80. The number of rotatable bonds is 3. The molecule has 31 heavy (non-hydrogen) atoms. The first-order valence-corrected chi connectivity index (χ1v) is 11.2. The number of carbonyl (C=O) groups is 3. The molecule has 2 saturated heterocycles. The van der Waals surface area contributed by atoms with Crippen LogP contribution in [0.1, 0.15) is 47.2 Å². The van der Waals surface area contributed by atoms with Crippen LogP contribution in [0.3, 0.4) is 0 Å². The smallest absolute Gasteiger partial charge is 0.255 e. The first kappa shape index (κ1) is 19.0. The Balaban J connectivity index is 1.22. The highest BCUT2D eigenvalue weighted by molar-refractivity contribution is 6.05. The number of imide groups is 1. The van der Waals surface area contributed by atoms with Gasteiger partial charge in [-0.1, -0.05) is 6.07 Å². The second-order valence-corrected chi connectivity index (χ2v) is 9.51. The topological polar surface area (TPSA) is 91.3 Å². The third kappa shape index (κ3) is 2.91. The Morgan fingerprint density at radius 3 is 2.71 bits per heavy atom. The van der Waals surface area contributed by atoms with Crippen LogP contribution in [-0.4, -0.2) is 72.6 Å². The number of hydrogen-bond donors (Lipinski definition) is 1. The minimum absolute atomic E-state index is 0.0136. The molecule has 0 saturated carbocycles. The van der Waals surface area contributed by atoms with Gasteiger partial charge >= 0.3 is 0 Å². The number of aliphatic imine (C=N–C) groups is 1. The van der Waals surface area contributed by atoms with Gasteiger partial charge in [0.1, 0.15) is 11.8 Å². The Bertz CT molecular complexity index is 1010. The highest BCUT2D eigenvalue weighted by Crippen LogP contribution is 2.49. The molecular formula is C23H26N4O4. The molecule has 1 aromatic carbocycles. The number of ether oxygens (including phenoxy) is 1. The fourth-order valence-electron chi connectivity index (χ4n) is 5.75. The van der Waals surface area contributed by atoms with Crippen molar-refractivity contribution in [3.05, 3.63) is 28.8 Å². The van der Waals surface area contributed by atoms with Crippen molar-refractivity contribution in [2.24, 2.45) is 10.9 Å². The van der Waals surface area contributed by atoms with E-state index in [-0.39, 0.29) is 29.6 Å². The molecule has 8 nitrogen and oxygen atoms in total. The van der Waals surface area contributed by atoms with Crippen molar-refractivity contribution in [1.29, 1.82) is 0 Å². The lowest BCUT2D eigenvalue weighted by atomic mass is 9.73. The van der Waals surface area contributed by atoms with Crippen LogP contribution in [0, 0.1) is 5.92 Å².